The quantitative estimate of drug-likeness (QED) is 0.808. The van der Waals surface area contributed by atoms with Crippen molar-refractivity contribution in [3.63, 3.8) is 0 Å². The normalized spacial score (nSPS) is 11.1. The monoisotopic (exact) mass is 294 g/mol. The van der Waals surface area contributed by atoms with E-state index in [-0.39, 0.29) is 10.7 Å². The summed E-state index contributed by atoms with van der Waals surface area (Å²) in [6.07, 6.45) is 1.46. The van der Waals surface area contributed by atoms with Crippen LogP contribution in [0, 0.1) is 0 Å². The summed E-state index contributed by atoms with van der Waals surface area (Å²) in [4.78, 5) is 0.114. The van der Waals surface area contributed by atoms with Gasteiger partial charge >= 0.3 is 0 Å². The van der Waals surface area contributed by atoms with Gasteiger partial charge in [-0.25, -0.2) is 8.42 Å². The molecule has 2 aromatic rings. The maximum Gasteiger partial charge on any atom is 0.263 e. The van der Waals surface area contributed by atoms with Gasteiger partial charge < -0.3 is 10.5 Å². The number of benzene rings is 1. The molecular formula is C12H14N4O3S. The molecule has 0 atom stereocenters. The largest absolute Gasteiger partial charge is 0.492 e. The first-order chi connectivity index (χ1) is 9.62. The van der Waals surface area contributed by atoms with E-state index in [4.69, 9.17) is 10.5 Å². The fourth-order valence-electron chi connectivity index (χ4n) is 1.44. The number of ether oxygens (including phenoxy) is 1. The van der Waals surface area contributed by atoms with E-state index in [9.17, 15) is 8.42 Å². The molecule has 0 aliphatic rings. The number of aromatic nitrogens is 2. The van der Waals surface area contributed by atoms with E-state index in [1.165, 1.54) is 24.4 Å². The maximum absolute atomic E-state index is 12.1. The number of nitrogens with one attached hydrogen (secondary N) is 1. The molecule has 0 aliphatic heterocycles. The molecule has 1 aromatic heterocycles. The predicted molar refractivity (Wildman–Crippen MR) is 73.8 cm³/mol. The van der Waals surface area contributed by atoms with Gasteiger partial charge in [0.15, 0.2) is 5.82 Å². The molecule has 2 rings (SSSR count). The van der Waals surface area contributed by atoms with Crippen molar-refractivity contribution < 1.29 is 13.2 Å². The van der Waals surface area contributed by atoms with Gasteiger partial charge in [0.05, 0.1) is 4.90 Å². The number of sulfonamides is 1. The van der Waals surface area contributed by atoms with Crippen LogP contribution in [0.3, 0.4) is 0 Å². The number of rotatable bonds is 6. The second-order valence-electron chi connectivity index (χ2n) is 3.82. The van der Waals surface area contributed by atoms with Crippen molar-refractivity contribution in [2.75, 3.05) is 17.9 Å². The molecule has 0 saturated heterocycles. The highest BCUT2D eigenvalue weighted by molar-refractivity contribution is 7.92. The molecule has 20 heavy (non-hydrogen) atoms. The Kier molecular flexibility index (Phi) is 4.49. The van der Waals surface area contributed by atoms with Gasteiger partial charge in [0.2, 0.25) is 0 Å². The second kappa shape index (κ2) is 6.31. The van der Waals surface area contributed by atoms with E-state index in [0.29, 0.717) is 18.9 Å². The molecule has 0 bridgehead atoms. The molecule has 0 fully saturated rings. The highest BCUT2D eigenvalue weighted by atomic mass is 32.2. The Morgan fingerprint density at radius 2 is 1.95 bits per heavy atom. The molecule has 7 nitrogen and oxygen atoms in total. The summed E-state index contributed by atoms with van der Waals surface area (Å²) in [5, 5.41) is 7.27. The zero-order valence-electron chi connectivity index (χ0n) is 10.6. The Morgan fingerprint density at radius 3 is 2.55 bits per heavy atom. The highest BCUT2D eigenvalue weighted by Crippen LogP contribution is 2.18. The van der Waals surface area contributed by atoms with Gasteiger partial charge in [-0.15, -0.1) is 5.10 Å². The molecule has 0 amide bonds. The zero-order chi connectivity index (χ0) is 14.4. The van der Waals surface area contributed by atoms with Gasteiger partial charge in [-0.2, -0.15) is 5.10 Å². The van der Waals surface area contributed by atoms with Crippen LogP contribution in [0.2, 0.25) is 0 Å². The molecule has 0 unspecified atom stereocenters. The molecule has 1 aromatic carbocycles. The van der Waals surface area contributed by atoms with Gasteiger partial charge in [-0.1, -0.05) is 0 Å². The Morgan fingerprint density at radius 1 is 1.20 bits per heavy atom. The van der Waals surface area contributed by atoms with E-state index in [1.54, 1.807) is 18.2 Å². The van der Waals surface area contributed by atoms with Gasteiger partial charge in [0.1, 0.15) is 12.4 Å². The van der Waals surface area contributed by atoms with Gasteiger partial charge in [-0.05, 0) is 36.4 Å². The number of anilines is 1. The summed E-state index contributed by atoms with van der Waals surface area (Å²) in [7, 11) is -3.68. The van der Waals surface area contributed by atoms with Gasteiger partial charge in [0.25, 0.3) is 10.0 Å². The predicted octanol–water partition coefficient (Wildman–Crippen LogP) is 0.615. The van der Waals surface area contributed by atoms with Crippen LogP contribution in [-0.4, -0.2) is 31.8 Å². The fourth-order valence-corrected chi connectivity index (χ4v) is 2.44. The molecule has 3 N–H and O–H groups in total. The number of nitrogens with zero attached hydrogens (tertiary/aromatic N) is 2. The van der Waals surface area contributed by atoms with Crippen molar-refractivity contribution in [3.8, 4) is 5.75 Å². The van der Waals surface area contributed by atoms with E-state index >= 15 is 0 Å². The third kappa shape index (κ3) is 3.65. The summed E-state index contributed by atoms with van der Waals surface area (Å²) >= 11 is 0. The van der Waals surface area contributed by atoms with Crippen LogP contribution in [0.25, 0.3) is 0 Å². The average molecular weight is 294 g/mol. The maximum atomic E-state index is 12.1. The first-order valence-electron chi connectivity index (χ1n) is 5.85. The third-order valence-corrected chi connectivity index (χ3v) is 3.70. The summed E-state index contributed by atoms with van der Waals surface area (Å²) in [5.41, 5.74) is 5.32. The average Bonchev–Trinajstić information content (AvgIpc) is 2.46. The lowest BCUT2D eigenvalue weighted by atomic mass is 10.3. The Labute approximate surface area is 116 Å². The minimum atomic E-state index is -3.68. The first-order valence-corrected chi connectivity index (χ1v) is 7.33. The molecular weight excluding hydrogens is 280 g/mol. The van der Waals surface area contributed by atoms with Crippen LogP contribution in [-0.2, 0) is 10.0 Å². The van der Waals surface area contributed by atoms with Crippen molar-refractivity contribution in [2.24, 2.45) is 5.73 Å². The van der Waals surface area contributed by atoms with Crippen molar-refractivity contribution >= 4 is 15.8 Å². The van der Waals surface area contributed by atoms with Crippen LogP contribution >= 0.6 is 0 Å². The van der Waals surface area contributed by atoms with Crippen molar-refractivity contribution in [1.82, 2.24) is 10.2 Å². The summed E-state index contributed by atoms with van der Waals surface area (Å²) in [5.74, 6) is 0.727. The Balaban J connectivity index is 2.13. The Hall–Kier alpha value is -2.19. The fraction of sp³-hybridized carbons (Fsp3) is 0.167. The topological polar surface area (TPSA) is 107 Å². The van der Waals surface area contributed by atoms with E-state index in [1.807, 2.05) is 0 Å². The number of nitrogens with two attached hydrogens (primary N) is 1. The van der Waals surface area contributed by atoms with E-state index in [0.717, 1.165) is 0 Å². The lowest BCUT2D eigenvalue weighted by molar-refractivity contribution is 0.328. The molecule has 8 heteroatoms. The van der Waals surface area contributed by atoms with Crippen molar-refractivity contribution in [2.45, 2.75) is 4.90 Å². The third-order valence-electron chi connectivity index (χ3n) is 2.33. The van der Waals surface area contributed by atoms with E-state index in [2.05, 4.69) is 14.9 Å². The first kappa shape index (κ1) is 14.2. The standard InChI is InChI=1S/C12H14N4O3S/c13-7-9-19-10-3-5-11(6-4-10)20(17,18)16-12-2-1-8-14-15-12/h1-6,8H,7,9,13H2,(H,15,16). The molecule has 0 aliphatic carbocycles. The number of hydrogen-bond donors (Lipinski definition) is 2. The van der Waals surface area contributed by atoms with Gasteiger partial charge in [-0.3, -0.25) is 4.72 Å². The van der Waals surface area contributed by atoms with Crippen LogP contribution in [0.5, 0.6) is 5.75 Å². The smallest absolute Gasteiger partial charge is 0.263 e. The molecule has 106 valence electrons. The SMILES string of the molecule is NCCOc1ccc(S(=O)(=O)Nc2cccnn2)cc1. The lowest BCUT2D eigenvalue weighted by Crippen LogP contribution is -2.14. The van der Waals surface area contributed by atoms with E-state index < -0.39 is 10.0 Å². The van der Waals surface area contributed by atoms with Crippen molar-refractivity contribution in [1.29, 1.82) is 0 Å². The van der Waals surface area contributed by atoms with Crippen LogP contribution in [0.1, 0.15) is 0 Å². The molecule has 0 spiro atoms. The highest BCUT2D eigenvalue weighted by Gasteiger charge is 2.14. The van der Waals surface area contributed by atoms with Crippen LogP contribution in [0.15, 0.2) is 47.5 Å². The van der Waals surface area contributed by atoms with Crippen molar-refractivity contribution in [3.05, 3.63) is 42.6 Å². The lowest BCUT2D eigenvalue weighted by Gasteiger charge is -2.08. The number of hydrogen-bond acceptors (Lipinski definition) is 6. The van der Waals surface area contributed by atoms with Crippen LogP contribution < -0.4 is 15.2 Å². The molecule has 1 heterocycles. The van der Waals surface area contributed by atoms with Crippen LogP contribution in [0.4, 0.5) is 5.82 Å². The molecule has 0 saturated carbocycles. The Bertz CT molecular complexity index is 644. The van der Waals surface area contributed by atoms with Gasteiger partial charge in [0, 0.05) is 12.7 Å². The second-order valence-corrected chi connectivity index (χ2v) is 5.51. The minimum absolute atomic E-state index is 0.114. The minimum Gasteiger partial charge on any atom is -0.492 e. The summed E-state index contributed by atoms with van der Waals surface area (Å²) < 4.78 is 31.8. The molecule has 0 radical (unpaired) electrons. The summed E-state index contributed by atoms with van der Waals surface area (Å²) in [6.45, 7) is 0.776. The summed E-state index contributed by atoms with van der Waals surface area (Å²) in [6, 6.07) is 9.15. The zero-order valence-corrected chi connectivity index (χ0v) is 11.4.